The van der Waals surface area contributed by atoms with Crippen LogP contribution in [0.1, 0.15) is 32.1 Å². The molecule has 1 aromatic rings. The lowest BCUT2D eigenvalue weighted by molar-refractivity contribution is 0.137. The van der Waals surface area contributed by atoms with E-state index in [1.54, 1.807) is 0 Å². The zero-order chi connectivity index (χ0) is 18.1. The van der Waals surface area contributed by atoms with E-state index >= 15 is 0 Å². The number of rotatable bonds is 2. The molecule has 0 bridgehead atoms. The zero-order valence-corrected chi connectivity index (χ0v) is 14.4. The van der Waals surface area contributed by atoms with Crippen LogP contribution in [0, 0.1) is 0 Å². The topological polar surface area (TPSA) is 93.1 Å². The number of nitrogens with one attached hydrogen (secondary N) is 1. The third-order valence-corrected chi connectivity index (χ3v) is 4.62. The van der Waals surface area contributed by atoms with Crippen LogP contribution < -0.4 is 10.2 Å². The van der Waals surface area contributed by atoms with Gasteiger partial charge in [-0.1, -0.05) is 37.5 Å². The number of amides is 2. The van der Waals surface area contributed by atoms with Gasteiger partial charge in [0.1, 0.15) is 0 Å². The second-order valence-corrected chi connectivity index (χ2v) is 6.38. The molecule has 7 nitrogen and oxygen atoms in total. The van der Waals surface area contributed by atoms with Gasteiger partial charge in [-0.3, -0.25) is 0 Å². The van der Waals surface area contributed by atoms with E-state index in [9.17, 15) is 4.79 Å². The first-order valence-electron chi connectivity index (χ1n) is 8.83. The van der Waals surface area contributed by atoms with Gasteiger partial charge in [-0.05, 0) is 25.0 Å². The van der Waals surface area contributed by atoms with E-state index in [-0.39, 0.29) is 6.03 Å². The molecule has 1 saturated carbocycles. The van der Waals surface area contributed by atoms with Crippen LogP contribution in [0.15, 0.2) is 30.3 Å². The van der Waals surface area contributed by atoms with Gasteiger partial charge >= 0.3 is 12.2 Å². The molecule has 138 valence electrons. The van der Waals surface area contributed by atoms with Crippen LogP contribution in [0.25, 0.3) is 0 Å². The van der Waals surface area contributed by atoms with E-state index in [1.165, 1.54) is 24.9 Å². The van der Waals surface area contributed by atoms with Crippen molar-refractivity contribution in [2.45, 2.75) is 38.1 Å². The summed E-state index contributed by atoms with van der Waals surface area (Å²) < 4.78 is 0. The largest absolute Gasteiger partial charge is 0.503 e. The van der Waals surface area contributed by atoms with Crippen LogP contribution in [-0.2, 0) is 0 Å². The van der Waals surface area contributed by atoms with Gasteiger partial charge in [0.25, 0.3) is 0 Å². The maximum absolute atomic E-state index is 12.3. The van der Waals surface area contributed by atoms with Crippen LogP contribution in [0.5, 0.6) is 0 Å². The van der Waals surface area contributed by atoms with Crippen molar-refractivity contribution >= 4 is 17.9 Å². The second-order valence-electron chi connectivity index (χ2n) is 6.38. The number of carbonyl (C=O) groups is 2. The maximum Gasteiger partial charge on any atom is 0.503 e. The Morgan fingerprint density at radius 3 is 2.04 bits per heavy atom. The summed E-state index contributed by atoms with van der Waals surface area (Å²) in [5.74, 6) is 0. The Labute approximate surface area is 148 Å². The average Bonchev–Trinajstić information content (AvgIpc) is 2.63. The van der Waals surface area contributed by atoms with Crippen molar-refractivity contribution in [2.24, 2.45) is 0 Å². The average molecular weight is 349 g/mol. The van der Waals surface area contributed by atoms with E-state index in [0.29, 0.717) is 6.04 Å². The van der Waals surface area contributed by atoms with E-state index < -0.39 is 6.16 Å². The summed E-state index contributed by atoms with van der Waals surface area (Å²) in [5.41, 5.74) is 1.25. The predicted octanol–water partition coefficient (Wildman–Crippen LogP) is 3.07. The monoisotopic (exact) mass is 349 g/mol. The summed E-state index contributed by atoms with van der Waals surface area (Å²) in [6.07, 6.45) is 4.30. The minimum Gasteiger partial charge on any atom is -0.450 e. The standard InChI is InChI=1S/C17H25N3O.CH2O3/c21-17(18-15-7-3-1-4-8-15)20-13-11-19(12-14-20)16-9-5-2-6-10-16;2-1(3)4/h2,5-6,9-10,15H,1,3-4,7-8,11-14H2,(H,18,21);(H2,2,3,4). The number of anilines is 1. The van der Waals surface area contributed by atoms with Crippen molar-refractivity contribution in [3.8, 4) is 0 Å². The molecule has 0 atom stereocenters. The fourth-order valence-corrected chi connectivity index (χ4v) is 3.32. The maximum atomic E-state index is 12.3. The summed E-state index contributed by atoms with van der Waals surface area (Å²) in [7, 11) is 0. The minimum atomic E-state index is -1.83. The number of hydrogen-bond donors (Lipinski definition) is 3. The highest BCUT2D eigenvalue weighted by molar-refractivity contribution is 5.75. The number of urea groups is 1. The van der Waals surface area contributed by atoms with Gasteiger partial charge < -0.3 is 25.3 Å². The van der Waals surface area contributed by atoms with Crippen molar-refractivity contribution in [3.05, 3.63) is 30.3 Å². The van der Waals surface area contributed by atoms with Crippen LogP contribution in [0.3, 0.4) is 0 Å². The lowest BCUT2D eigenvalue weighted by atomic mass is 9.96. The van der Waals surface area contributed by atoms with E-state index in [1.807, 2.05) is 11.0 Å². The number of carbonyl (C=O) groups excluding carboxylic acids is 1. The van der Waals surface area contributed by atoms with E-state index in [0.717, 1.165) is 39.0 Å². The van der Waals surface area contributed by atoms with Crippen molar-refractivity contribution in [2.75, 3.05) is 31.1 Å². The smallest absolute Gasteiger partial charge is 0.450 e. The van der Waals surface area contributed by atoms with Crippen LogP contribution in [0.4, 0.5) is 15.3 Å². The van der Waals surface area contributed by atoms with Gasteiger partial charge in [0.05, 0.1) is 0 Å². The Morgan fingerprint density at radius 1 is 0.920 bits per heavy atom. The number of para-hydroxylation sites is 1. The van der Waals surface area contributed by atoms with Crippen molar-refractivity contribution in [3.63, 3.8) is 0 Å². The first-order chi connectivity index (χ1) is 12.1. The van der Waals surface area contributed by atoms with Crippen molar-refractivity contribution in [1.82, 2.24) is 10.2 Å². The summed E-state index contributed by atoms with van der Waals surface area (Å²) in [5, 5.41) is 17.2. The van der Waals surface area contributed by atoms with Gasteiger partial charge in [-0.2, -0.15) is 0 Å². The first-order valence-corrected chi connectivity index (χ1v) is 8.83. The second kappa shape index (κ2) is 9.76. The highest BCUT2D eigenvalue weighted by atomic mass is 16.6. The van der Waals surface area contributed by atoms with Gasteiger partial charge in [-0.25, -0.2) is 9.59 Å². The fourth-order valence-electron chi connectivity index (χ4n) is 3.32. The molecule has 0 unspecified atom stereocenters. The number of hydrogen-bond acceptors (Lipinski definition) is 3. The number of nitrogens with zero attached hydrogens (tertiary/aromatic N) is 2. The lowest BCUT2D eigenvalue weighted by Gasteiger charge is -2.37. The molecule has 1 aliphatic carbocycles. The molecule has 0 spiro atoms. The Balaban J connectivity index is 0.000000511. The molecule has 2 amide bonds. The van der Waals surface area contributed by atoms with E-state index in [2.05, 4.69) is 34.5 Å². The SMILES string of the molecule is O=C(NC1CCCCC1)N1CCN(c2ccccc2)CC1.O=C(O)O. The van der Waals surface area contributed by atoms with Crippen LogP contribution >= 0.6 is 0 Å². The van der Waals surface area contributed by atoms with Crippen LogP contribution in [-0.4, -0.2) is 59.5 Å². The van der Waals surface area contributed by atoms with Gasteiger partial charge in [0.15, 0.2) is 0 Å². The molecule has 1 aliphatic heterocycles. The fraction of sp³-hybridized carbons (Fsp3) is 0.556. The minimum absolute atomic E-state index is 0.134. The molecule has 3 rings (SSSR count). The molecule has 25 heavy (non-hydrogen) atoms. The number of benzene rings is 1. The summed E-state index contributed by atoms with van der Waals surface area (Å²) in [4.78, 5) is 25.2. The van der Waals surface area contributed by atoms with Gasteiger partial charge in [0.2, 0.25) is 0 Å². The Morgan fingerprint density at radius 2 is 1.48 bits per heavy atom. The normalized spacial score (nSPS) is 18.1. The van der Waals surface area contributed by atoms with Crippen molar-refractivity contribution < 1.29 is 19.8 Å². The Bertz CT molecular complexity index is 535. The van der Waals surface area contributed by atoms with Crippen LogP contribution in [0.2, 0.25) is 0 Å². The lowest BCUT2D eigenvalue weighted by Crippen LogP contribution is -2.53. The number of piperazine rings is 1. The number of carboxylic acid groups (broad SMARTS) is 2. The molecule has 3 N–H and O–H groups in total. The molecule has 2 fully saturated rings. The molecule has 0 radical (unpaired) electrons. The Hall–Kier alpha value is -2.44. The van der Waals surface area contributed by atoms with Gasteiger partial charge in [0, 0.05) is 37.9 Å². The highest BCUT2D eigenvalue weighted by Crippen LogP contribution is 2.18. The first kappa shape index (κ1) is 18.9. The quantitative estimate of drug-likeness (QED) is 0.763. The third-order valence-electron chi connectivity index (χ3n) is 4.62. The molecular formula is C18H27N3O4. The van der Waals surface area contributed by atoms with Crippen molar-refractivity contribution in [1.29, 1.82) is 0 Å². The Kier molecular flexibility index (Phi) is 7.37. The predicted molar refractivity (Wildman–Crippen MR) is 96.3 cm³/mol. The molecule has 0 aromatic heterocycles. The highest BCUT2D eigenvalue weighted by Gasteiger charge is 2.23. The molecule has 7 heteroatoms. The molecule has 1 saturated heterocycles. The van der Waals surface area contributed by atoms with Gasteiger partial charge in [-0.15, -0.1) is 0 Å². The molecule has 1 heterocycles. The molecule has 2 aliphatic rings. The summed E-state index contributed by atoms with van der Waals surface area (Å²) in [6, 6.07) is 11.0. The summed E-state index contributed by atoms with van der Waals surface area (Å²) >= 11 is 0. The third kappa shape index (κ3) is 6.52. The van der Waals surface area contributed by atoms with E-state index in [4.69, 9.17) is 15.0 Å². The summed E-state index contributed by atoms with van der Waals surface area (Å²) in [6.45, 7) is 3.46. The molecule has 1 aromatic carbocycles. The molecular weight excluding hydrogens is 322 g/mol. The zero-order valence-electron chi connectivity index (χ0n) is 14.4.